The van der Waals surface area contributed by atoms with Gasteiger partial charge >= 0.3 is 0 Å². The van der Waals surface area contributed by atoms with Crippen LogP contribution in [0.15, 0.2) is 0 Å². The number of aromatic nitrogens is 2. The monoisotopic (exact) mass is 206 g/mol. The van der Waals surface area contributed by atoms with Gasteiger partial charge in [-0.05, 0) is 31.4 Å². The lowest BCUT2D eigenvalue weighted by molar-refractivity contribution is 0.566. The van der Waals surface area contributed by atoms with Crippen LogP contribution in [0.1, 0.15) is 35.7 Å². The Morgan fingerprint density at radius 2 is 2.27 bits per heavy atom. The molecule has 0 spiro atoms. The van der Waals surface area contributed by atoms with Crippen LogP contribution in [-0.4, -0.2) is 29.3 Å². The fraction of sp³-hybridized carbons (Fsp3) is 0.727. The van der Waals surface area contributed by atoms with Gasteiger partial charge in [-0.1, -0.05) is 0 Å². The van der Waals surface area contributed by atoms with E-state index >= 15 is 0 Å². The van der Waals surface area contributed by atoms with Gasteiger partial charge < -0.3 is 11.1 Å². The fourth-order valence-corrected chi connectivity index (χ4v) is 2.78. The van der Waals surface area contributed by atoms with Crippen molar-refractivity contribution in [2.75, 3.05) is 13.1 Å². The average Bonchev–Trinajstić information content (AvgIpc) is 2.82. The molecule has 1 aromatic heterocycles. The van der Waals surface area contributed by atoms with E-state index in [1.807, 2.05) is 0 Å². The van der Waals surface area contributed by atoms with Crippen LogP contribution in [0.25, 0.3) is 0 Å². The van der Waals surface area contributed by atoms with Gasteiger partial charge in [0.15, 0.2) is 0 Å². The van der Waals surface area contributed by atoms with Gasteiger partial charge in [0.25, 0.3) is 0 Å². The summed E-state index contributed by atoms with van der Waals surface area (Å²) in [7, 11) is 0. The summed E-state index contributed by atoms with van der Waals surface area (Å²) in [6.07, 6.45) is 4.42. The highest BCUT2D eigenvalue weighted by Crippen LogP contribution is 2.29. The zero-order valence-corrected chi connectivity index (χ0v) is 8.92. The molecule has 1 saturated heterocycles. The molecule has 82 valence electrons. The summed E-state index contributed by atoms with van der Waals surface area (Å²) >= 11 is 0. The summed E-state index contributed by atoms with van der Waals surface area (Å²) in [5, 5.41) is 11.1. The minimum atomic E-state index is 0.326. The molecule has 1 aromatic rings. The van der Waals surface area contributed by atoms with E-state index in [2.05, 4.69) is 15.5 Å². The Hall–Kier alpha value is -0.870. The van der Waals surface area contributed by atoms with E-state index in [-0.39, 0.29) is 0 Å². The lowest BCUT2D eigenvalue weighted by Crippen LogP contribution is -2.28. The Labute approximate surface area is 89.6 Å². The zero-order valence-electron chi connectivity index (χ0n) is 8.92. The minimum Gasteiger partial charge on any atom is -0.327 e. The Morgan fingerprint density at radius 1 is 1.33 bits per heavy atom. The SMILES string of the molecule is NC1CCc2c(C3CCNC3)n[nH]c2C1. The van der Waals surface area contributed by atoms with Gasteiger partial charge in [0.1, 0.15) is 0 Å². The Morgan fingerprint density at radius 3 is 3.07 bits per heavy atom. The van der Waals surface area contributed by atoms with Gasteiger partial charge in [-0.3, -0.25) is 5.10 Å². The molecule has 1 aliphatic heterocycles. The topological polar surface area (TPSA) is 66.7 Å². The number of rotatable bonds is 1. The molecular weight excluding hydrogens is 188 g/mol. The maximum absolute atomic E-state index is 5.95. The smallest absolute Gasteiger partial charge is 0.0700 e. The molecule has 3 rings (SSSR count). The van der Waals surface area contributed by atoms with Crippen molar-refractivity contribution in [3.8, 4) is 0 Å². The summed E-state index contributed by atoms with van der Waals surface area (Å²) in [5.41, 5.74) is 10.0. The van der Waals surface area contributed by atoms with E-state index in [9.17, 15) is 0 Å². The third-order valence-corrected chi connectivity index (χ3v) is 3.66. The molecule has 4 N–H and O–H groups in total. The third kappa shape index (κ3) is 1.58. The van der Waals surface area contributed by atoms with Crippen molar-refractivity contribution in [2.24, 2.45) is 5.73 Å². The number of fused-ring (bicyclic) bond motifs is 1. The molecule has 1 fully saturated rings. The molecule has 0 aromatic carbocycles. The quantitative estimate of drug-likeness (QED) is 0.619. The molecule has 2 heterocycles. The van der Waals surface area contributed by atoms with Crippen molar-refractivity contribution in [2.45, 2.75) is 37.6 Å². The first-order chi connectivity index (χ1) is 7.34. The third-order valence-electron chi connectivity index (χ3n) is 3.66. The number of nitrogens with one attached hydrogen (secondary N) is 2. The largest absolute Gasteiger partial charge is 0.327 e. The van der Waals surface area contributed by atoms with Gasteiger partial charge in [-0.2, -0.15) is 5.10 Å². The standard InChI is InChI=1S/C11H18N4/c12-8-1-2-9-10(5-8)14-15-11(9)7-3-4-13-6-7/h7-8,13H,1-6,12H2,(H,14,15). The normalized spacial score (nSPS) is 30.5. The summed E-state index contributed by atoms with van der Waals surface area (Å²) < 4.78 is 0. The second-order valence-corrected chi connectivity index (χ2v) is 4.76. The second kappa shape index (κ2) is 3.61. The van der Waals surface area contributed by atoms with Crippen LogP contribution in [0.5, 0.6) is 0 Å². The van der Waals surface area contributed by atoms with Crippen LogP contribution in [0.3, 0.4) is 0 Å². The number of aromatic amines is 1. The molecule has 2 aliphatic rings. The lowest BCUT2D eigenvalue weighted by atomic mass is 9.89. The molecule has 0 bridgehead atoms. The van der Waals surface area contributed by atoms with Gasteiger partial charge in [-0.15, -0.1) is 0 Å². The van der Waals surface area contributed by atoms with Crippen molar-refractivity contribution in [3.05, 3.63) is 17.0 Å². The molecule has 0 radical (unpaired) electrons. The van der Waals surface area contributed by atoms with Crippen LogP contribution < -0.4 is 11.1 Å². The first-order valence-electron chi connectivity index (χ1n) is 5.87. The van der Waals surface area contributed by atoms with Gasteiger partial charge in [-0.25, -0.2) is 0 Å². The van der Waals surface area contributed by atoms with E-state index in [0.29, 0.717) is 12.0 Å². The maximum Gasteiger partial charge on any atom is 0.0700 e. The number of hydrogen-bond donors (Lipinski definition) is 3. The summed E-state index contributed by atoms with van der Waals surface area (Å²) in [6.45, 7) is 2.22. The highest BCUT2D eigenvalue weighted by Gasteiger charge is 2.27. The Bertz CT molecular complexity index is 351. The van der Waals surface area contributed by atoms with Gasteiger partial charge in [0, 0.05) is 30.6 Å². The highest BCUT2D eigenvalue weighted by atomic mass is 15.1. The number of nitrogens with zero attached hydrogens (tertiary/aromatic N) is 1. The average molecular weight is 206 g/mol. The van der Waals surface area contributed by atoms with Crippen LogP contribution in [0, 0.1) is 0 Å². The first-order valence-corrected chi connectivity index (χ1v) is 5.87. The summed E-state index contributed by atoms with van der Waals surface area (Å²) in [6, 6.07) is 0.326. The van der Waals surface area contributed by atoms with Crippen LogP contribution in [0.2, 0.25) is 0 Å². The predicted octanol–water partition coefficient (Wildman–Crippen LogP) is 0.303. The highest BCUT2D eigenvalue weighted by molar-refractivity contribution is 5.32. The Balaban J connectivity index is 1.90. The number of H-pyrrole nitrogens is 1. The minimum absolute atomic E-state index is 0.326. The van der Waals surface area contributed by atoms with E-state index < -0.39 is 0 Å². The molecule has 15 heavy (non-hydrogen) atoms. The van der Waals surface area contributed by atoms with Crippen molar-refractivity contribution in [1.82, 2.24) is 15.5 Å². The van der Waals surface area contributed by atoms with Crippen molar-refractivity contribution >= 4 is 0 Å². The molecule has 2 atom stereocenters. The number of hydrogen-bond acceptors (Lipinski definition) is 3. The molecule has 0 amide bonds. The van der Waals surface area contributed by atoms with Crippen molar-refractivity contribution < 1.29 is 0 Å². The number of nitrogens with two attached hydrogens (primary N) is 1. The van der Waals surface area contributed by atoms with Crippen LogP contribution in [0.4, 0.5) is 0 Å². The molecule has 0 saturated carbocycles. The van der Waals surface area contributed by atoms with E-state index in [1.54, 1.807) is 0 Å². The lowest BCUT2D eigenvalue weighted by Gasteiger charge is -2.19. The van der Waals surface area contributed by atoms with Gasteiger partial charge in [0.2, 0.25) is 0 Å². The fourth-order valence-electron chi connectivity index (χ4n) is 2.78. The molecule has 4 heteroatoms. The second-order valence-electron chi connectivity index (χ2n) is 4.76. The summed E-state index contributed by atoms with van der Waals surface area (Å²) in [4.78, 5) is 0. The molecular formula is C11H18N4. The van der Waals surface area contributed by atoms with Crippen molar-refractivity contribution in [1.29, 1.82) is 0 Å². The molecule has 1 aliphatic carbocycles. The van der Waals surface area contributed by atoms with Crippen LogP contribution in [-0.2, 0) is 12.8 Å². The van der Waals surface area contributed by atoms with Crippen molar-refractivity contribution in [3.63, 3.8) is 0 Å². The first kappa shape index (κ1) is 9.36. The molecule has 2 unspecified atom stereocenters. The zero-order chi connectivity index (χ0) is 10.3. The van der Waals surface area contributed by atoms with E-state index in [0.717, 1.165) is 32.4 Å². The predicted molar refractivity (Wildman–Crippen MR) is 58.8 cm³/mol. The van der Waals surface area contributed by atoms with Crippen LogP contribution >= 0.6 is 0 Å². The van der Waals surface area contributed by atoms with E-state index in [4.69, 9.17) is 5.73 Å². The maximum atomic E-state index is 5.95. The van der Waals surface area contributed by atoms with Gasteiger partial charge in [0.05, 0.1) is 5.69 Å². The molecule has 4 nitrogen and oxygen atoms in total. The summed E-state index contributed by atoms with van der Waals surface area (Å²) in [5.74, 6) is 0.624. The van der Waals surface area contributed by atoms with E-state index in [1.165, 1.54) is 23.4 Å². The Kier molecular flexibility index (Phi) is 2.25.